The first-order chi connectivity index (χ1) is 19.4. The lowest BCUT2D eigenvalue weighted by Crippen LogP contribution is -2.42. The fourth-order valence-corrected chi connectivity index (χ4v) is 5.91. The van der Waals surface area contributed by atoms with Crippen LogP contribution in [0.3, 0.4) is 0 Å². The normalized spacial score (nSPS) is 18.2. The van der Waals surface area contributed by atoms with Crippen LogP contribution in [0.2, 0.25) is 0 Å². The maximum atomic E-state index is 13.3. The molecule has 3 heterocycles. The van der Waals surface area contributed by atoms with Gasteiger partial charge in [0, 0.05) is 47.7 Å². The molecular formula is C30H30N4O6. The van der Waals surface area contributed by atoms with Gasteiger partial charge in [-0.3, -0.25) is 4.79 Å². The number of aromatic amines is 1. The van der Waals surface area contributed by atoms with E-state index < -0.39 is 17.9 Å². The number of benzene rings is 2. The summed E-state index contributed by atoms with van der Waals surface area (Å²) < 4.78 is 7.47. The molecule has 10 heteroatoms. The maximum Gasteiger partial charge on any atom is 0.326 e. The number of aromatic nitrogens is 3. The van der Waals surface area contributed by atoms with Gasteiger partial charge in [0.15, 0.2) is 0 Å². The van der Waals surface area contributed by atoms with Crippen molar-refractivity contribution >= 4 is 33.8 Å². The molecule has 0 saturated heterocycles. The Morgan fingerprint density at radius 2 is 2.00 bits per heavy atom. The highest BCUT2D eigenvalue weighted by atomic mass is 16.4. The third-order valence-corrected chi connectivity index (χ3v) is 7.94. The molecule has 1 aliphatic rings. The van der Waals surface area contributed by atoms with Crippen LogP contribution in [0.15, 0.2) is 65.6 Å². The first-order valence-corrected chi connectivity index (χ1v) is 13.4. The Balaban J connectivity index is 1.31. The third kappa shape index (κ3) is 4.71. The summed E-state index contributed by atoms with van der Waals surface area (Å²) in [7, 11) is 0. The van der Waals surface area contributed by atoms with E-state index in [9.17, 15) is 24.9 Å². The number of furan rings is 1. The van der Waals surface area contributed by atoms with E-state index in [1.54, 1.807) is 49.1 Å². The number of fused-ring (bicyclic) bond motifs is 2. The Labute approximate surface area is 229 Å². The fourth-order valence-electron chi connectivity index (χ4n) is 5.91. The molecule has 0 unspecified atom stereocenters. The van der Waals surface area contributed by atoms with Crippen molar-refractivity contribution in [3.63, 3.8) is 0 Å². The first-order valence-electron chi connectivity index (χ1n) is 13.4. The predicted octanol–water partition coefficient (Wildman–Crippen LogP) is 4.63. The summed E-state index contributed by atoms with van der Waals surface area (Å²) in [5.74, 6) is -0.810. The molecule has 1 saturated carbocycles. The minimum absolute atomic E-state index is 0.0380. The number of H-pyrrole nitrogens is 1. The van der Waals surface area contributed by atoms with Crippen molar-refractivity contribution in [1.82, 2.24) is 19.9 Å². The second-order valence-corrected chi connectivity index (χ2v) is 10.4. The molecule has 1 aliphatic carbocycles. The number of carbonyl (C=O) groups excluding carboxylic acids is 1. The Morgan fingerprint density at radius 1 is 1.15 bits per heavy atom. The van der Waals surface area contributed by atoms with E-state index in [2.05, 4.69) is 14.9 Å². The third-order valence-electron chi connectivity index (χ3n) is 7.94. The molecule has 0 bridgehead atoms. The molecule has 10 nitrogen and oxygen atoms in total. The number of aliphatic hydroxyl groups is 1. The monoisotopic (exact) mass is 542 g/mol. The number of nitrogens with zero attached hydrogens (tertiary/aromatic N) is 2. The second-order valence-electron chi connectivity index (χ2n) is 10.4. The van der Waals surface area contributed by atoms with Gasteiger partial charge in [-0.15, -0.1) is 0 Å². The molecular weight excluding hydrogens is 512 g/mol. The van der Waals surface area contributed by atoms with E-state index in [4.69, 9.17) is 9.40 Å². The minimum Gasteiger partial charge on any atom is -0.508 e. The number of hydrogen-bond donors (Lipinski definition) is 5. The number of nitrogens with one attached hydrogen (secondary N) is 2. The number of aliphatic hydroxyl groups excluding tert-OH is 1. The van der Waals surface area contributed by atoms with E-state index in [1.165, 1.54) is 0 Å². The molecule has 5 N–H and O–H groups in total. The van der Waals surface area contributed by atoms with Crippen LogP contribution >= 0.6 is 0 Å². The van der Waals surface area contributed by atoms with Crippen LogP contribution in [0.5, 0.6) is 5.75 Å². The van der Waals surface area contributed by atoms with Crippen LogP contribution in [0.4, 0.5) is 0 Å². The number of carboxylic acids is 1. The number of aliphatic carboxylic acids is 1. The zero-order valence-electron chi connectivity index (χ0n) is 21.7. The zero-order valence-corrected chi connectivity index (χ0v) is 21.7. The molecule has 3 aromatic heterocycles. The number of aromatic hydroxyl groups is 1. The average molecular weight is 543 g/mol. The van der Waals surface area contributed by atoms with E-state index >= 15 is 0 Å². The number of amides is 1. The lowest BCUT2D eigenvalue weighted by atomic mass is 9.84. The Morgan fingerprint density at radius 3 is 2.77 bits per heavy atom. The number of hydrogen-bond acceptors (Lipinski definition) is 6. The van der Waals surface area contributed by atoms with Gasteiger partial charge >= 0.3 is 5.97 Å². The smallest absolute Gasteiger partial charge is 0.326 e. The van der Waals surface area contributed by atoms with Crippen molar-refractivity contribution in [3.8, 4) is 17.1 Å². The molecule has 0 radical (unpaired) electrons. The standard InChI is InChI=1S/C30H30N4O6/c35-15-18-3-1-2-4-26(18)34-27-8-5-17(11-24(27)32-28(34)19-9-10-40-16-19)29(37)33-25(30(38)39)12-20-14-31-23-7-6-21(36)13-22(20)23/h5-11,13-14,16,18,25-26,31,35-36H,1-4,12,15H2,(H,33,37)(H,38,39)/t18-,25+,26-/m1/s1. The van der Waals surface area contributed by atoms with Crippen LogP contribution in [0.1, 0.15) is 47.6 Å². The van der Waals surface area contributed by atoms with Gasteiger partial charge in [-0.2, -0.15) is 0 Å². The molecule has 1 fully saturated rings. The van der Waals surface area contributed by atoms with Crippen molar-refractivity contribution in [2.24, 2.45) is 5.92 Å². The first kappa shape index (κ1) is 25.7. The topological polar surface area (TPSA) is 154 Å². The van der Waals surface area contributed by atoms with Crippen molar-refractivity contribution in [3.05, 3.63) is 72.3 Å². The summed E-state index contributed by atoms with van der Waals surface area (Å²) >= 11 is 0. The van der Waals surface area contributed by atoms with Crippen molar-refractivity contribution in [1.29, 1.82) is 0 Å². The molecule has 1 amide bonds. The number of phenolic OH excluding ortho intramolecular Hbond substituents is 1. The van der Waals surface area contributed by atoms with Gasteiger partial charge in [-0.25, -0.2) is 9.78 Å². The Kier molecular flexibility index (Phi) is 6.77. The summed E-state index contributed by atoms with van der Waals surface area (Å²) in [6.07, 6.45) is 8.91. The lowest BCUT2D eigenvalue weighted by Gasteiger charge is -2.32. The Hall–Kier alpha value is -4.57. The van der Waals surface area contributed by atoms with Crippen molar-refractivity contribution in [2.45, 2.75) is 44.2 Å². The van der Waals surface area contributed by atoms with Crippen LogP contribution in [0.25, 0.3) is 33.3 Å². The van der Waals surface area contributed by atoms with E-state index in [-0.39, 0.29) is 30.7 Å². The van der Waals surface area contributed by atoms with Gasteiger partial charge in [-0.1, -0.05) is 12.8 Å². The minimum atomic E-state index is -1.18. The fraction of sp³-hybridized carbons (Fsp3) is 0.300. The number of carbonyl (C=O) groups is 2. The SMILES string of the molecule is O=C(N[C@@H](Cc1c[nH]c2ccc(O)cc12)C(=O)O)c1ccc2c(c1)nc(-c1ccoc1)n2[C@@H]1CCCC[C@@H]1CO. The highest BCUT2D eigenvalue weighted by Crippen LogP contribution is 2.39. The van der Waals surface area contributed by atoms with Crippen molar-refractivity contribution < 1.29 is 29.3 Å². The van der Waals surface area contributed by atoms with E-state index in [0.717, 1.165) is 42.3 Å². The molecule has 6 rings (SSSR count). The number of phenols is 1. The van der Waals surface area contributed by atoms with Crippen LogP contribution in [-0.2, 0) is 11.2 Å². The summed E-state index contributed by atoms with van der Waals surface area (Å²) in [6, 6.07) is 10.7. The van der Waals surface area contributed by atoms with Crippen LogP contribution < -0.4 is 5.32 Å². The predicted molar refractivity (Wildman–Crippen MR) is 148 cm³/mol. The number of imidazole rings is 1. The molecule has 5 aromatic rings. The van der Waals surface area contributed by atoms with Crippen molar-refractivity contribution in [2.75, 3.05) is 6.61 Å². The van der Waals surface area contributed by atoms with E-state index in [1.807, 2.05) is 12.1 Å². The summed E-state index contributed by atoms with van der Waals surface area (Å²) in [4.78, 5) is 33.3. The molecule has 3 atom stereocenters. The summed E-state index contributed by atoms with van der Waals surface area (Å²) in [5, 5.41) is 33.2. The van der Waals surface area contributed by atoms with Gasteiger partial charge < -0.3 is 34.6 Å². The molecule has 40 heavy (non-hydrogen) atoms. The molecule has 0 aliphatic heterocycles. The molecule has 206 valence electrons. The molecule has 2 aromatic carbocycles. The average Bonchev–Trinajstić information content (AvgIpc) is 3.71. The maximum absolute atomic E-state index is 13.3. The highest BCUT2D eigenvalue weighted by Gasteiger charge is 2.30. The van der Waals surface area contributed by atoms with Gasteiger partial charge in [0.25, 0.3) is 5.91 Å². The van der Waals surface area contributed by atoms with E-state index in [0.29, 0.717) is 27.9 Å². The van der Waals surface area contributed by atoms with Gasteiger partial charge in [0.05, 0.1) is 22.9 Å². The zero-order chi connectivity index (χ0) is 27.8. The quantitative estimate of drug-likeness (QED) is 0.192. The summed E-state index contributed by atoms with van der Waals surface area (Å²) in [6.45, 7) is 0.0856. The molecule has 0 spiro atoms. The highest BCUT2D eigenvalue weighted by molar-refractivity contribution is 6.00. The Bertz CT molecular complexity index is 1690. The second kappa shape index (κ2) is 10.5. The van der Waals surface area contributed by atoms with Crippen LogP contribution in [-0.4, -0.2) is 54.4 Å². The number of rotatable bonds is 8. The van der Waals surface area contributed by atoms with Gasteiger partial charge in [-0.05, 0) is 60.9 Å². The lowest BCUT2D eigenvalue weighted by molar-refractivity contribution is -0.139. The van der Waals surface area contributed by atoms with Crippen LogP contribution in [0, 0.1) is 5.92 Å². The number of carboxylic acid groups (broad SMARTS) is 1. The summed E-state index contributed by atoms with van der Waals surface area (Å²) in [5.41, 5.74) is 3.97. The largest absolute Gasteiger partial charge is 0.508 e. The van der Waals surface area contributed by atoms with Gasteiger partial charge in [0.1, 0.15) is 23.9 Å². The van der Waals surface area contributed by atoms with Gasteiger partial charge in [0.2, 0.25) is 0 Å².